The maximum absolute atomic E-state index is 11.9. The molecule has 94 valence electrons. The second-order valence-corrected chi connectivity index (χ2v) is 4.76. The first-order valence-corrected chi connectivity index (χ1v) is 5.49. The quantitative estimate of drug-likeness (QED) is 0.815. The van der Waals surface area contributed by atoms with Crippen LogP contribution in [-0.2, 0) is 0 Å². The minimum absolute atomic E-state index is 0.123. The number of nitrogens with two attached hydrogens (primary N) is 1. The Balaban J connectivity index is 2.61. The molecule has 0 aromatic carbocycles. The van der Waals surface area contributed by atoms with Gasteiger partial charge in [0.1, 0.15) is 5.82 Å². The standard InChI is InChI=1S/C12H19N3O2/c1-12(2,17)6-7-15(3)11(16)9-4-5-10(13)14-8-9/h4-5,8,17H,6-7H2,1-3H3,(H2,13,14). The van der Waals surface area contributed by atoms with Crippen molar-refractivity contribution in [2.24, 2.45) is 0 Å². The second kappa shape index (κ2) is 5.14. The van der Waals surface area contributed by atoms with E-state index in [0.29, 0.717) is 24.3 Å². The molecule has 0 aliphatic heterocycles. The van der Waals surface area contributed by atoms with Gasteiger partial charge in [-0.2, -0.15) is 0 Å². The number of nitrogens with zero attached hydrogens (tertiary/aromatic N) is 2. The van der Waals surface area contributed by atoms with Crippen molar-refractivity contribution < 1.29 is 9.90 Å². The first-order chi connectivity index (χ1) is 7.79. The van der Waals surface area contributed by atoms with Gasteiger partial charge >= 0.3 is 0 Å². The number of anilines is 1. The van der Waals surface area contributed by atoms with Crippen molar-refractivity contribution in [3.05, 3.63) is 23.9 Å². The van der Waals surface area contributed by atoms with Crippen molar-refractivity contribution in [2.45, 2.75) is 25.9 Å². The van der Waals surface area contributed by atoms with Crippen LogP contribution < -0.4 is 5.73 Å². The zero-order valence-corrected chi connectivity index (χ0v) is 10.5. The third kappa shape index (κ3) is 4.40. The number of carbonyl (C=O) groups is 1. The molecule has 17 heavy (non-hydrogen) atoms. The lowest BCUT2D eigenvalue weighted by Gasteiger charge is -2.22. The number of pyridine rings is 1. The van der Waals surface area contributed by atoms with E-state index in [2.05, 4.69) is 4.98 Å². The van der Waals surface area contributed by atoms with Gasteiger partial charge in [0.25, 0.3) is 5.91 Å². The summed E-state index contributed by atoms with van der Waals surface area (Å²) in [6.45, 7) is 3.93. The molecule has 0 aliphatic rings. The van der Waals surface area contributed by atoms with Crippen molar-refractivity contribution >= 4 is 11.7 Å². The molecule has 0 aliphatic carbocycles. The topological polar surface area (TPSA) is 79.5 Å². The van der Waals surface area contributed by atoms with E-state index >= 15 is 0 Å². The van der Waals surface area contributed by atoms with E-state index < -0.39 is 5.60 Å². The molecule has 1 aromatic heterocycles. The summed E-state index contributed by atoms with van der Waals surface area (Å²) >= 11 is 0. The number of nitrogen functional groups attached to an aromatic ring is 1. The summed E-state index contributed by atoms with van der Waals surface area (Å²) in [6, 6.07) is 3.24. The molecule has 0 saturated heterocycles. The summed E-state index contributed by atoms with van der Waals surface area (Å²) in [6.07, 6.45) is 1.98. The molecule has 1 aromatic rings. The summed E-state index contributed by atoms with van der Waals surface area (Å²) in [7, 11) is 1.70. The van der Waals surface area contributed by atoms with Gasteiger partial charge in [-0.15, -0.1) is 0 Å². The number of hydrogen-bond acceptors (Lipinski definition) is 4. The zero-order valence-electron chi connectivity index (χ0n) is 10.5. The SMILES string of the molecule is CN(CCC(C)(C)O)C(=O)c1ccc(N)nc1. The monoisotopic (exact) mass is 237 g/mol. The summed E-state index contributed by atoms with van der Waals surface area (Å²) in [5, 5.41) is 9.59. The van der Waals surface area contributed by atoms with Gasteiger partial charge in [-0.05, 0) is 32.4 Å². The number of rotatable bonds is 4. The fourth-order valence-corrected chi connectivity index (χ4v) is 1.30. The highest BCUT2D eigenvalue weighted by atomic mass is 16.3. The molecule has 3 N–H and O–H groups in total. The Hall–Kier alpha value is -1.62. The third-order valence-electron chi connectivity index (χ3n) is 2.44. The average molecular weight is 237 g/mol. The molecule has 1 rings (SSSR count). The van der Waals surface area contributed by atoms with E-state index in [0.717, 1.165) is 0 Å². The van der Waals surface area contributed by atoms with E-state index in [1.807, 2.05) is 0 Å². The van der Waals surface area contributed by atoms with Gasteiger partial charge < -0.3 is 15.7 Å². The maximum Gasteiger partial charge on any atom is 0.255 e. The molecule has 0 radical (unpaired) electrons. The Kier molecular flexibility index (Phi) is 4.07. The molecule has 0 fully saturated rings. The van der Waals surface area contributed by atoms with E-state index in [-0.39, 0.29) is 5.91 Å². The number of amides is 1. The smallest absolute Gasteiger partial charge is 0.255 e. The maximum atomic E-state index is 11.9. The van der Waals surface area contributed by atoms with E-state index in [1.165, 1.54) is 6.20 Å². The first kappa shape index (κ1) is 13.4. The fraction of sp³-hybridized carbons (Fsp3) is 0.500. The van der Waals surface area contributed by atoms with Crippen LogP contribution in [0.25, 0.3) is 0 Å². The van der Waals surface area contributed by atoms with Crippen LogP contribution in [0.5, 0.6) is 0 Å². The van der Waals surface area contributed by atoms with Gasteiger partial charge in [-0.3, -0.25) is 4.79 Å². The molecule has 0 saturated carbocycles. The van der Waals surface area contributed by atoms with Crippen LogP contribution in [-0.4, -0.2) is 40.1 Å². The lowest BCUT2D eigenvalue weighted by molar-refractivity contribution is 0.0544. The molecule has 0 unspecified atom stereocenters. The normalized spacial score (nSPS) is 11.3. The molecule has 1 heterocycles. The van der Waals surface area contributed by atoms with Crippen LogP contribution >= 0.6 is 0 Å². The van der Waals surface area contributed by atoms with E-state index in [9.17, 15) is 9.90 Å². The van der Waals surface area contributed by atoms with Gasteiger partial charge in [-0.25, -0.2) is 4.98 Å². The van der Waals surface area contributed by atoms with Gasteiger partial charge in [0.2, 0.25) is 0 Å². The number of aromatic nitrogens is 1. The van der Waals surface area contributed by atoms with Crippen LogP contribution in [0.3, 0.4) is 0 Å². The Labute approximate surface area is 101 Å². The third-order valence-corrected chi connectivity index (χ3v) is 2.44. The van der Waals surface area contributed by atoms with Gasteiger partial charge in [0.05, 0.1) is 11.2 Å². The molecule has 5 heteroatoms. The van der Waals surface area contributed by atoms with Crippen LogP contribution in [0.4, 0.5) is 5.82 Å². The number of hydrogen-bond donors (Lipinski definition) is 2. The molecule has 0 atom stereocenters. The summed E-state index contributed by atoms with van der Waals surface area (Å²) < 4.78 is 0. The molecular weight excluding hydrogens is 218 g/mol. The van der Waals surface area contributed by atoms with Crippen LogP contribution in [0.15, 0.2) is 18.3 Å². The number of aliphatic hydroxyl groups is 1. The largest absolute Gasteiger partial charge is 0.390 e. The predicted molar refractivity (Wildman–Crippen MR) is 66.5 cm³/mol. The predicted octanol–water partition coefficient (Wildman–Crippen LogP) is 0.897. The Morgan fingerprint density at radius 2 is 2.18 bits per heavy atom. The van der Waals surface area contributed by atoms with Gasteiger partial charge in [0, 0.05) is 19.8 Å². The van der Waals surface area contributed by atoms with Crippen molar-refractivity contribution in [3.63, 3.8) is 0 Å². The summed E-state index contributed by atoms with van der Waals surface area (Å²) in [5.41, 5.74) is 5.18. The highest BCUT2D eigenvalue weighted by Gasteiger charge is 2.17. The second-order valence-electron chi connectivity index (χ2n) is 4.76. The van der Waals surface area contributed by atoms with Gasteiger partial charge in [0.15, 0.2) is 0 Å². The first-order valence-electron chi connectivity index (χ1n) is 5.49. The highest BCUT2D eigenvalue weighted by molar-refractivity contribution is 5.93. The van der Waals surface area contributed by atoms with Crippen molar-refractivity contribution in [3.8, 4) is 0 Å². The lowest BCUT2D eigenvalue weighted by Crippen LogP contribution is -2.32. The summed E-state index contributed by atoms with van der Waals surface area (Å²) in [4.78, 5) is 17.4. The highest BCUT2D eigenvalue weighted by Crippen LogP contribution is 2.10. The van der Waals surface area contributed by atoms with Crippen LogP contribution in [0.2, 0.25) is 0 Å². The average Bonchev–Trinajstić information content (AvgIpc) is 2.25. The fourth-order valence-electron chi connectivity index (χ4n) is 1.30. The van der Waals surface area contributed by atoms with Crippen molar-refractivity contribution in [1.29, 1.82) is 0 Å². The van der Waals surface area contributed by atoms with Crippen molar-refractivity contribution in [2.75, 3.05) is 19.3 Å². The molecule has 0 bridgehead atoms. The molecule has 0 spiro atoms. The van der Waals surface area contributed by atoms with Gasteiger partial charge in [-0.1, -0.05) is 0 Å². The molecular formula is C12H19N3O2. The Morgan fingerprint density at radius 1 is 1.53 bits per heavy atom. The molecule has 5 nitrogen and oxygen atoms in total. The molecule has 1 amide bonds. The number of carbonyl (C=O) groups excluding carboxylic acids is 1. The summed E-state index contributed by atoms with van der Waals surface area (Å²) in [5.74, 6) is 0.266. The lowest BCUT2D eigenvalue weighted by atomic mass is 10.1. The van der Waals surface area contributed by atoms with Crippen LogP contribution in [0.1, 0.15) is 30.6 Å². The Morgan fingerprint density at radius 3 is 2.65 bits per heavy atom. The Bertz CT molecular complexity index is 382. The van der Waals surface area contributed by atoms with E-state index in [1.54, 1.807) is 37.9 Å². The minimum atomic E-state index is -0.770. The van der Waals surface area contributed by atoms with Crippen LogP contribution in [0, 0.1) is 0 Å². The van der Waals surface area contributed by atoms with E-state index in [4.69, 9.17) is 5.73 Å². The van der Waals surface area contributed by atoms with Crippen molar-refractivity contribution in [1.82, 2.24) is 9.88 Å². The zero-order chi connectivity index (χ0) is 13.1. The minimum Gasteiger partial charge on any atom is -0.390 e.